The summed E-state index contributed by atoms with van der Waals surface area (Å²) in [6.07, 6.45) is -0.241. The molecule has 112 valence electrons. The summed E-state index contributed by atoms with van der Waals surface area (Å²) in [6, 6.07) is 1.20. The number of halogens is 3. The number of rotatable bonds is 4. The molecule has 1 atom stereocenters. The molecule has 1 aliphatic heterocycles. The van der Waals surface area contributed by atoms with Crippen molar-refractivity contribution in [3.05, 3.63) is 18.0 Å². The Morgan fingerprint density at radius 3 is 2.95 bits per heavy atom. The number of anilines is 1. The molecule has 2 rings (SSSR count). The van der Waals surface area contributed by atoms with Crippen LogP contribution in [0.1, 0.15) is 31.9 Å². The molecule has 1 unspecified atom stereocenters. The smallest absolute Gasteiger partial charge is 0.339 e. The van der Waals surface area contributed by atoms with Gasteiger partial charge >= 0.3 is 6.18 Å². The Kier molecular flexibility index (Phi) is 4.80. The second-order valence-electron chi connectivity index (χ2n) is 4.98. The van der Waals surface area contributed by atoms with E-state index in [1.165, 1.54) is 6.20 Å². The van der Waals surface area contributed by atoms with Gasteiger partial charge in [-0.2, -0.15) is 13.2 Å². The minimum atomic E-state index is -4.42. The molecule has 1 aromatic heterocycles. The third-order valence-electron chi connectivity index (χ3n) is 3.32. The number of hydrogen-bond acceptors (Lipinski definition) is 4. The standard InChI is InChI=1S/C13H19F3N4/c1-2-6-17-10-4-3-8-20(9-10)12-18-7-5-11(19-12)13(14,15)16/h5,7,10,17H,2-4,6,8-9H2,1H3. The molecule has 1 aromatic rings. The summed E-state index contributed by atoms with van der Waals surface area (Å²) in [5.41, 5.74) is -0.883. The first-order valence-corrected chi connectivity index (χ1v) is 6.89. The molecule has 1 aliphatic rings. The molecule has 0 spiro atoms. The van der Waals surface area contributed by atoms with Gasteiger partial charge in [0, 0.05) is 25.3 Å². The molecule has 2 heterocycles. The zero-order valence-electron chi connectivity index (χ0n) is 11.5. The van der Waals surface area contributed by atoms with Gasteiger partial charge < -0.3 is 10.2 Å². The maximum absolute atomic E-state index is 12.7. The molecule has 0 amide bonds. The van der Waals surface area contributed by atoms with Crippen LogP contribution in [-0.4, -0.2) is 35.6 Å². The van der Waals surface area contributed by atoms with Crippen LogP contribution in [0.2, 0.25) is 0 Å². The van der Waals surface area contributed by atoms with Crippen molar-refractivity contribution in [2.75, 3.05) is 24.5 Å². The molecule has 1 N–H and O–H groups in total. The molecule has 0 saturated carbocycles. The summed E-state index contributed by atoms with van der Waals surface area (Å²) in [6.45, 7) is 4.36. The van der Waals surface area contributed by atoms with Gasteiger partial charge in [-0.15, -0.1) is 0 Å². The normalized spacial score (nSPS) is 20.2. The largest absolute Gasteiger partial charge is 0.433 e. The van der Waals surface area contributed by atoms with Crippen LogP contribution in [0, 0.1) is 0 Å². The van der Waals surface area contributed by atoms with Crippen molar-refractivity contribution in [1.82, 2.24) is 15.3 Å². The van der Waals surface area contributed by atoms with E-state index < -0.39 is 11.9 Å². The van der Waals surface area contributed by atoms with Gasteiger partial charge in [0.25, 0.3) is 0 Å². The van der Waals surface area contributed by atoms with Gasteiger partial charge in [0.2, 0.25) is 5.95 Å². The van der Waals surface area contributed by atoms with Crippen LogP contribution < -0.4 is 10.2 Å². The van der Waals surface area contributed by atoms with Gasteiger partial charge in [-0.1, -0.05) is 6.92 Å². The highest BCUT2D eigenvalue weighted by Crippen LogP contribution is 2.28. The lowest BCUT2D eigenvalue weighted by atomic mass is 10.1. The third-order valence-corrected chi connectivity index (χ3v) is 3.32. The summed E-state index contributed by atoms with van der Waals surface area (Å²) in [5.74, 6) is 0.169. The lowest BCUT2D eigenvalue weighted by Crippen LogP contribution is -2.46. The molecule has 1 saturated heterocycles. The Morgan fingerprint density at radius 2 is 2.25 bits per heavy atom. The molecular weight excluding hydrogens is 269 g/mol. The van der Waals surface area contributed by atoms with Gasteiger partial charge in [-0.05, 0) is 31.9 Å². The highest BCUT2D eigenvalue weighted by atomic mass is 19.4. The van der Waals surface area contributed by atoms with Gasteiger partial charge in [0.15, 0.2) is 0 Å². The second kappa shape index (κ2) is 6.39. The molecule has 4 nitrogen and oxygen atoms in total. The average molecular weight is 288 g/mol. The minimum Gasteiger partial charge on any atom is -0.339 e. The van der Waals surface area contributed by atoms with Crippen LogP contribution >= 0.6 is 0 Å². The van der Waals surface area contributed by atoms with Crippen molar-refractivity contribution in [1.29, 1.82) is 0 Å². The van der Waals surface area contributed by atoms with Crippen molar-refractivity contribution >= 4 is 5.95 Å². The van der Waals surface area contributed by atoms with Crippen molar-refractivity contribution < 1.29 is 13.2 Å². The van der Waals surface area contributed by atoms with Crippen molar-refractivity contribution in [2.24, 2.45) is 0 Å². The third kappa shape index (κ3) is 3.82. The number of aromatic nitrogens is 2. The zero-order chi connectivity index (χ0) is 14.6. The quantitative estimate of drug-likeness (QED) is 0.924. The molecule has 7 heteroatoms. The summed E-state index contributed by atoms with van der Waals surface area (Å²) in [5, 5.41) is 3.40. The van der Waals surface area contributed by atoms with E-state index >= 15 is 0 Å². The van der Waals surface area contributed by atoms with Crippen LogP contribution in [0.4, 0.5) is 19.1 Å². The van der Waals surface area contributed by atoms with Gasteiger partial charge in [0.05, 0.1) is 0 Å². The fourth-order valence-electron chi connectivity index (χ4n) is 2.33. The molecule has 20 heavy (non-hydrogen) atoms. The van der Waals surface area contributed by atoms with Gasteiger partial charge in [0.1, 0.15) is 5.69 Å². The number of hydrogen-bond donors (Lipinski definition) is 1. The second-order valence-corrected chi connectivity index (χ2v) is 4.98. The topological polar surface area (TPSA) is 41.0 Å². The SMILES string of the molecule is CCCNC1CCCN(c2nccc(C(F)(F)F)n2)C1. The van der Waals surface area contributed by atoms with Crippen molar-refractivity contribution in [3.63, 3.8) is 0 Å². The predicted molar refractivity (Wildman–Crippen MR) is 70.6 cm³/mol. The first-order valence-electron chi connectivity index (χ1n) is 6.89. The Labute approximate surface area is 116 Å². The molecule has 0 aliphatic carbocycles. The summed E-state index contributed by atoms with van der Waals surface area (Å²) < 4.78 is 38.0. The zero-order valence-corrected chi connectivity index (χ0v) is 11.5. The van der Waals surface area contributed by atoms with E-state index in [4.69, 9.17) is 0 Å². The van der Waals surface area contributed by atoms with Crippen LogP contribution in [0.15, 0.2) is 12.3 Å². The first kappa shape index (κ1) is 15.0. The number of nitrogens with zero attached hydrogens (tertiary/aromatic N) is 3. The highest BCUT2D eigenvalue weighted by molar-refractivity contribution is 5.32. The lowest BCUT2D eigenvalue weighted by Gasteiger charge is -2.33. The lowest BCUT2D eigenvalue weighted by molar-refractivity contribution is -0.141. The Morgan fingerprint density at radius 1 is 1.45 bits per heavy atom. The Balaban J connectivity index is 2.07. The fourth-order valence-corrected chi connectivity index (χ4v) is 2.33. The van der Waals surface area contributed by atoms with E-state index in [0.29, 0.717) is 19.1 Å². The van der Waals surface area contributed by atoms with Crippen molar-refractivity contribution in [2.45, 2.75) is 38.4 Å². The van der Waals surface area contributed by atoms with Gasteiger partial charge in [-0.25, -0.2) is 9.97 Å². The average Bonchev–Trinajstić information content (AvgIpc) is 2.45. The monoisotopic (exact) mass is 288 g/mol. The highest BCUT2D eigenvalue weighted by Gasteiger charge is 2.33. The van der Waals surface area contributed by atoms with Crippen LogP contribution in [0.3, 0.4) is 0 Å². The van der Waals surface area contributed by atoms with Crippen LogP contribution in [0.5, 0.6) is 0 Å². The van der Waals surface area contributed by atoms with Crippen LogP contribution in [0.25, 0.3) is 0 Å². The number of alkyl halides is 3. The van der Waals surface area contributed by atoms with E-state index in [1.807, 2.05) is 4.90 Å². The van der Waals surface area contributed by atoms with E-state index in [0.717, 1.165) is 31.9 Å². The van der Waals surface area contributed by atoms with Gasteiger partial charge in [-0.3, -0.25) is 0 Å². The number of nitrogens with one attached hydrogen (secondary N) is 1. The Bertz CT molecular complexity index is 436. The molecule has 0 bridgehead atoms. The van der Waals surface area contributed by atoms with E-state index in [2.05, 4.69) is 22.2 Å². The van der Waals surface area contributed by atoms with E-state index in [-0.39, 0.29) is 5.95 Å². The molecular formula is C13H19F3N4. The molecule has 0 radical (unpaired) electrons. The minimum absolute atomic E-state index is 0.169. The maximum Gasteiger partial charge on any atom is 0.433 e. The van der Waals surface area contributed by atoms with E-state index in [9.17, 15) is 13.2 Å². The fraction of sp³-hybridized carbons (Fsp3) is 0.692. The molecule has 0 aromatic carbocycles. The predicted octanol–water partition coefficient (Wildman–Crippen LogP) is 2.46. The first-order chi connectivity index (χ1) is 9.50. The maximum atomic E-state index is 12.7. The van der Waals surface area contributed by atoms with Crippen molar-refractivity contribution in [3.8, 4) is 0 Å². The Hall–Kier alpha value is -1.37. The summed E-state index contributed by atoms with van der Waals surface area (Å²) >= 11 is 0. The molecule has 1 fully saturated rings. The van der Waals surface area contributed by atoms with E-state index in [1.54, 1.807) is 0 Å². The summed E-state index contributed by atoms with van der Waals surface area (Å²) in [4.78, 5) is 9.45. The van der Waals surface area contributed by atoms with Crippen LogP contribution in [-0.2, 0) is 6.18 Å². The number of piperidine rings is 1. The summed E-state index contributed by atoms with van der Waals surface area (Å²) in [7, 11) is 0.